The molecular formula is C12H9Cl2NO2S. The smallest absolute Gasteiger partial charge is 0.258 e. The van der Waals surface area contributed by atoms with Crippen LogP contribution in [0.25, 0.3) is 0 Å². The lowest BCUT2D eigenvalue weighted by Gasteiger charge is -2.07. The SMILES string of the molecule is Cc1ccc(NC(=O)c2cc(Cl)sc2Cl)c(O)c1. The maximum absolute atomic E-state index is 11.9. The molecule has 0 aliphatic carbocycles. The number of halogens is 2. The lowest BCUT2D eigenvalue weighted by atomic mass is 10.2. The molecule has 0 radical (unpaired) electrons. The molecule has 94 valence electrons. The number of nitrogens with one attached hydrogen (secondary N) is 1. The minimum atomic E-state index is -0.401. The van der Waals surface area contributed by atoms with E-state index in [2.05, 4.69) is 5.32 Å². The topological polar surface area (TPSA) is 49.3 Å². The molecule has 0 fully saturated rings. The van der Waals surface area contributed by atoms with Crippen molar-refractivity contribution < 1.29 is 9.90 Å². The summed E-state index contributed by atoms with van der Waals surface area (Å²) in [5.41, 5.74) is 1.54. The summed E-state index contributed by atoms with van der Waals surface area (Å²) in [6, 6.07) is 6.48. The predicted octanol–water partition coefficient (Wildman–Crippen LogP) is 4.32. The molecule has 0 aliphatic rings. The van der Waals surface area contributed by atoms with Crippen LogP contribution in [0.4, 0.5) is 5.69 Å². The number of thiophene rings is 1. The summed E-state index contributed by atoms with van der Waals surface area (Å²) in [4.78, 5) is 11.9. The van der Waals surface area contributed by atoms with Gasteiger partial charge in [-0.1, -0.05) is 29.3 Å². The van der Waals surface area contributed by atoms with Crippen LogP contribution in [-0.4, -0.2) is 11.0 Å². The molecular weight excluding hydrogens is 293 g/mol. The van der Waals surface area contributed by atoms with Crippen molar-refractivity contribution in [1.82, 2.24) is 0 Å². The van der Waals surface area contributed by atoms with Crippen LogP contribution in [0.15, 0.2) is 24.3 Å². The molecule has 18 heavy (non-hydrogen) atoms. The number of aromatic hydroxyl groups is 1. The molecule has 0 spiro atoms. The highest BCUT2D eigenvalue weighted by molar-refractivity contribution is 7.20. The van der Waals surface area contributed by atoms with Gasteiger partial charge in [0.1, 0.15) is 10.1 Å². The molecule has 1 heterocycles. The van der Waals surface area contributed by atoms with E-state index in [4.69, 9.17) is 23.2 Å². The van der Waals surface area contributed by atoms with Gasteiger partial charge in [-0.25, -0.2) is 0 Å². The molecule has 2 rings (SSSR count). The number of carbonyl (C=O) groups is 1. The number of hydrogen-bond donors (Lipinski definition) is 2. The fourth-order valence-electron chi connectivity index (χ4n) is 1.43. The Morgan fingerprint density at radius 1 is 1.33 bits per heavy atom. The van der Waals surface area contributed by atoms with Crippen LogP contribution >= 0.6 is 34.5 Å². The molecule has 0 atom stereocenters. The Bertz CT molecular complexity index is 610. The highest BCUT2D eigenvalue weighted by atomic mass is 35.5. The molecule has 0 saturated carbocycles. The summed E-state index contributed by atoms with van der Waals surface area (Å²) >= 11 is 12.8. The van der Waals surface area contributed by atoms with Gasteiger partial charge in [-0.3, -0.25) is 4.79 Å². The standard InChI is InChI=1S/C12H9Cl2NO2S/c1-6-2-3-8(9(16)4-6)15-12(17)7-5-10(13)18-11(7)14/h2-5,16H,1H3,(H,15,17). The van der Waals surface area contributed by atoms with Crippen molar-refractivity contribution in [2.45, 2.75) is 6.92 Å². The van der Waals surface area contributed by atoms with E-state index >= 15 is 0 Å². The van der Waals surface area contributed by atoms with E-state index in [0.717, 1.165) is 16.9 Å². The fraction of sp³-hybridized carbons (Fsp3) is 0.0833. The number of phenolic OH excluding ortho intramolecular Hbond substituents is 1. The molecule has 2 aromatic rings. The Morgan fingerprint density at radius 2 is 2.06 bits per heavy atom. The first-order valence-corrected chi connectivity index (χ1v) is 6.60. The average molecular weight is 302 g/mol. The third-order valence-corrected chi connectivity index (χ3v) is 3.79. The van der Waals surface area contributed by atoms with Gasteiger partial charge in [0.15, 0.2) is 0 Å². The second-order valence-electron chi connectivity index (χ2n) is 3.71. The van der Waals surface area contributed by atoms with Gasteiger partial charge >= 0.3 is 0 Å². The minimum absolute atomic E-state index is 0.0146. The Morgan fingerprint density at radius 3 is 2.61 bits per heavy atom. The highest BCUT2D eigenvalue weighted by Crippen LogP contribution is 2.32. The van der Waals surface area contributed by atoms with Gasteiger partial charge in [0.05, 0.1) is 15.6 Å². The van der Waals surface area contributed by atoms with Crippen molar-refractivity contribution in [3.63, 3.8) is 0 Å². The van der Waals surface area contributed by atoms with Gasteiger partial charge < -0.3 is 10.4 Å². The van der Waals surface area contributed by atoms with Crippen LogP contribution in [0.2, 0.25) is 8.67 Å². The van der Waals surface area contributed by atoms with E-state index in [1.807, 2.05) is 6.92 Å². The first kappa shape index (κ1) is 13.2. The third-order valence-electron chi connectivity index (χ3n) is 2.30. The van der Waals surface area contributed by atoms with Gasteiger partial charge in [0.2, 0.25) is 0 Å². The van der Waals surface area contributed by atoms with Crippen molar-refractivity contribution >= 4 is 46.1 Å². The number of aryl methyl sites for hydroxylation is 1. The van der Waals surface area contributed by atoms with E-state index in [1.165, 1.54) is 6.07 Å². The minimum Gasteiger partial charge on any atom is -0.506 e. The first-order valence-electron chi connectivity index (χ1n) is 5.03. The van der Waals surface area contributed by atoms with Gasteiger partial charge in [0.25, 0.3) is 5.91 Å². The zero-order chi connectivity index (χ0) is 13.3. The van der Waals surface area contributed by atoms with Crippen molar-refractivity contribution in [2.75, 3.05) is 5.32 Å². The fourth-order valence-corrected chi connectivity index (χ4v) is 2.89. The number of carbonyl (C=O) groups excluding carboxylic acids is 1. The summed E-state index contributed by atoms with van der Waals surface area (Å²) < 4.78 is 0.766. The van der Waals surface area contributed by atoms with Crippen molar-refractivity contribution in [2.24, 2.45) is 0 Å². The molecule has 1 aromatic heterocycles. The first-order chi connectivity index (χ1) is 8.47. The van der Waals surface area contributed by atoms with Crippen molar-refractivity contribution in [3.8, 4) is 5.75 Å². The van der Waals surface area contributed by atoms with E-state index < -0.39 is 5.91 Å². The Hall–Kier alpha value is -1.23. The van der Waals surface area contributed by atoms with E-state index in [0.29, 0.717) is 19.9 Å². The normalized spacial score (nSPS) is 10.4. The van der Waals surface area contributed by atoms with Gasteiger partial charge in [-0.2, -0.15) is 0 Å². The van der Waals surface area contributed by atoms with Gasteiger partial charge in [-0.15, -0.1) is 11.3 Å². The van der Waals surface area contributed by atoms with Crippen LogP contribution in [0.1, 0.15) is 15.9 Å². The quantitative estimate of drug-likeness (QED) is 0.812. The Labute approximate surface area is 118 Å². The zero-order valence-corrected chi connectivity index (χ0v) is 11.7. The van der Waals surface area contributed by atoms with Crippen LogP contribution in [0.5, 0.6) is 5.75 Å². The van der Waals surface area contributed by atoms with Crippen LogP contribution in [-0.2, 0) is 0 Å². The monoisotopic (exact) mass is 301 g/mol. The lowest BCUT2D eigenvalue weighted by molar-refractivity contribution is 0.102. The molecule has 0 aliphatic heterocycles. The van der Waals surface area contributed by atoms with Gasteiger partial charge in [0, 0.05) is 0 Å². The summed E-state index contributed by atoms with van der Waals surface area (Å²) in [6.45, 7) is 1.85. The summed E-state index contributed by atoms with van der Waals surface area (Å²) in [5.74, 6) is -0.386. The van der Waals surface area contributed by atoms with Crippen molar-refractivity contribution in [1.29, 1.82) is 0 Å². The van der Waals surface area contributed by atoms with E-state index in [9.17, 15) is 9.90 Å². The largest absolute Gasteiger partial charge is 0.506 e. The van der Waals surface area contributed by atoms with Crippen LogP contribution < -0.4 is 5.32 Å². The highest BCUT2D eigenvalue weighted by Gasteiger charge is 2.15. The molecule has 1 aromatic carbocycles. The Balaban J connectivity index is 2.24. The summed E-state index contributed by atoms with van der Waals surface area (Å²) in [5, 5.41) is 12.3. The van der Waals surface area contributed by atoms with Gasteiger partial charge in [-0.05, 0) is 30.7 Å². The summed E-state index contributed by atoms with van der Waals surface area (Å²) in [6.07, 6.45) is 0. The number of benzene rings is 1. The molecule has 3 nitrogen and oxygen atoms in total. The molecule has 0 unspecified atom stereocenters. The maximum Gasteiger partial charge on any atom is 0.258 e. The lowest BCUT2D eigenvalue weighted by Crippen LogP contribution is -2.11. The second kappa shape index (κ2) is 5.18. The average Bonchev–Trinajstić information content (AvgIpc) is 2.62. The van der Waals surface area contributed by atoms with E-state index in [1.54, 1.807) is 18.2 Å². The predicted molar refractivity (Wildman–Crippen MR) is 75.1 cm³/mol. The van der Waals surface area contributed by atoms with Crippen LogP contribution in [0, 0.1) is 6.92 Å². The van der Waals surface area contributed by atoms with Crippen molar-refractivity contribution in [3.05, 3.63) is 44.1 Å². The third kappa shape index (κ3) is 2.77. The molecule has 0 saturated heterocycles. The Kier molecular flexibility index (Phi) is 3.80. The number of amides is 1. The summed E-state index contributed by atoms with van der Waals surface area (Å²) in [7, 11) is 0. The second-order valence-corrected chi connectivity index (χ2v) is 6.00. The van der Waals surface area contributed by atoms with Crippen LogP contribution in [0.3, 0.4) is 0 Å². The molecule has 2 N–H and O–H groups in total. The maximum atomic E-state index is 11.9. The number of phenols is 1. The zero-order valence-electron chi connectivity index (χ0n) is 9.33. The number of hydrogen-bond acceptors (Lipinski definition) is 3. The number of anilines is 1. The molecule has 6 heteroatoms. The van der Waals surface area contributed by atoms with E-state index in [-0.39, 0.29) is 5.75 Å². The number of rotatable bonds is 2. The molecule has 0 bridgehead atoms. The molecule has 1 amide bonds.